The second kappa shape index (κ2) is 41.6. The van der Waals surface area contributed by atoms with E-state index in [-0.39, 0.29) is 32.1 Å². The topological polar surface area (TPSA) is 131 Å². The number of carbonyl (C=O) groups is 2. The third-order valence-corrected chi connectivity index (χ3v) is 10.2. The summed E-state index contributed by atoms with van der Waals surface area (Å²) in [7, 11) is -4.43. The van der Waals surface area contributed by atoms with Crippen LogP contribution in [0, 0.1) is 0 Å². The molecule has 0 heterocycles. The van der Waals surface area contributed by atoms with Crippen LogP contribution in [0.15, 0.2) is 48.6 Å². The molecule has 0 rings (SSSR count). The number of hydrogen-bond donors (Lipinski definition) is 3. The molecule has 0 spiro atoms. The van der Waals surface area contributed by atoms with Crippen molar-refractivity contribution in [3.63, 3.8) is 0 Å². The summed E-state index contributed by atoms with van der Waals surface area (Å²) >= 11 is 0. The molecule has 0 aliphatic rings. The van der Waals surface area contributed by atoms with Crippen molar-refractivity contribution in [1.82, 2.24) is 5.32 Å². The quantitative estimate of drug-likeness (QED) is 0.0241. The third-order valence-electron chi connectivity index (χ3n) is 9.26. The van der Waals surface area contributed by atoms with Crippen molar-refractivity contribution >= 4 is 19.7 Å². The van der Waals surface area contributed by atoms with Crippen molar-refractivity contribution in [2.24, 2.45) is 0 Å². The Hall–Kier alpha value is -2.03. The highest BCUT2D eigenvalue weighted by molar-refractivity contribution is 7.47. The Labute approximate surface area is 336 Å². The summed E-state index contributed by atoms with van der Waals surface area (Å²) < 4.78 is 26.9. The standard InChI is InChI=1S/C45H82NO8P/c1-3-5-7-9-11-13-15-17-19-20-21-22-24-25-27-29-31-33-35-37-44(48)46-39-40-53-55(50,51)54-42-43(47)41-52-45(49)38-36-34-32-30-28-26-23-18-16-14-12-10-8-6-4-2/h11,13,17,19,21-22,25,27,43,47H,3-10,12,14-16,18,20,23-24,26,28-42H2,1-2H3,(H,46,48)(H,50,51)/b13-11-,19-17-,22-21-,27-25-. The van der Waals surface area contributed by atoms with Crippen LogP contribution >= 0.6 is 7.82 Å². The zero-order valence-corrected chi connectivity index (χ0v) is 36.0. The average Bonchev–Trinajstić information content (AvgIpc) is 3.17. The highest BCUT2D eigenvalue weighted by atomic mass is 31.2. The predicted octanol–water partition coefficient (Wildman–Crippen LogP) is 12.3. The van der Waals surface area contributed by atoms with Crippen molar-refractivity contribution < 1.29 is 37.9 Å². The van der Waals surface area contributed by atoms with Gasteiger partial charge in [0.2, 0.25) is 5.91 Å². The van der Waals surface area contributed by atoms with Gasteiger partial charge in [-0.1, -0.05) is 172 Å². The molecule has 0 radical (unpaired) electrons. The third kappa shape index (κ3) is 42.9. The SMILES string of the molecule is CCCCC/C=C\C/C=C\C/C=C\C/C=C\CCCCCC(=O)NCCOP(=O)(O)OCC(O)COC(=O)CCCCCCCCCCCCCCCCC. The van der Waals surface area contributed by atoms with Gasteiger partial charge in [0.15, 0.2) is 0 Å². The number of carbonyl (C=O) groups excluding carboxylic acids is 2. The molecule has 1 amide bonds. The minimum Gasteiger partial charge on any atom is -0.463 e. The molecule has 2 unspecified atom stereocenters. The summed E-state index contributed by atoms with van der Waals surface area (Å²) in [6, 6.07) is 0. The molecule has 55 heavy (non-hydrogen) atoms. The molecular formula is C45H82NO8P. The van der Waals surface area contributed by atoms with Crippen molar-refractivity contribution in [1.29, 1.82) is 0 Å². The van der Waals surface area contributed by atoms with E-state index in [1.165, 1.54) is 103 Å². The Morgan fingerprint density at radius 1 is 0.564 bits per heavy atom. The molecule has 9 nitrogen and oxygen atoms in total. The zero-order valence-electron chi connectivity index (χ0n) is 35.1. The smallest absolute Gasteiger partial charge is 0.463 e. The molecule has 0 aromatic rings. The summed E-state index contributed by atoms with van der Waals surface area (Å²) in [5.74, 6) is -0.545. The summed E-state index contributed by atoms with van der Waals surface area (Å²) in [5.41, 5.74) is 0. The number of phosphoric ester groups is 1. The summed E-state index contributed by atoms with van der Waals surface area (Å²) in [6.45, 7) is 3.49. The van der Waals surface area contributed by atoms with Gasteiger partial charge < -0.3 is 20.1 Å². The van der Waals surface area contributed by atoms with Gasteiger partial charge in [-0.15, -0.1) is 0 Å². The minimum atomic E-state index is -4.43. The Morgan fingerprint density at radius 3 is 1.51 bits per heavy atom. The van der Waals surface area contributed by atoms with Crippen LogP contribution < -0.4 is 5.32 Å². The van der Waals surface area contributed by atoms with E-state index in [4.69, 9.17) is 13.8 Å². The van der Waals surface area contributed by atoms with Crippen LogP contribution in [0.1, 0.15) is 194 Å². The molecule has 0 bridgehead atoms. The lowest BCUT2D eigenvalue weighted by Crippen LogP contribution is -2.27. The summed E-state index contributed by atoms with van der Waals surface area (Å²) in [5, 5.41) is 12.7. The van der Waals surface area contributed by atoms with E-state index in [1.807, 2.05) is 0 Å². The van der Waals surface area contributed by atoms with Crippen LogP contribution in [0.3, 0.4) is 0 Å². The average molecular weight is 796 g/mol. The molecule has 0 saturated carbocycles. The van der Waals surface area contributed by atoms with E-state index in [0.717, 1.165) is 64.2 Å². The number of amides is 1. The van der Waals surface area contributed by atoms with Gasteiger partial charge in [0, 0.05) is 19.4 Å². The number of nitrogens with one attached hydrogen (secondary N) is 1. The van der Waals surface area contributed by atoms with Crippen LogP contribution in [0.5, 0.6) is 0 Å². The molecule has 0 saturated heterocycles. The van der Waals surface area contributed by atoms with Gasteiger partial charge in [0.25, 0.3) is 0 Å². The van der Waals surface area contributed by atoms with E-state index in [1.54, 1.807) is 0 Å². The number of allylic oxidation sites excluding steroid dienone is 8. The van der Waals surface area contributed by atoms with E-state index in [2.05, 4.69) is 67.8 Å². The van der Waals surface area contributed by atoms with Crippen LogP contribution in [0.4, 0.5) is 0 Å². The molecule has 0 aromatic carbocycles. The molecule has 2 atom stereocenters. The number of esters is 1. The maximum Gasteiger partial charge on any atom is 0.472 e. The lowest BCUT2D eigenvalue weighted by molar-refractivity contribution is -0.147. The molecule has 0 aliphatic heterocycles. The van der Waals surface area contributed by atoms with E-state index >= 15 is 0 Å². The molecule has 10 heteroatoms. The number of unbranched alkanes of at least 4 members (excludes halogenated alkanes) is 20. The largest absolute Gasteiger partial charge is 0.472 e. The van der Waals surface area contributed by atoms with E-state index in [9.17, 15) is 24.2 Å². The predicted molar refractivity (Wildman–Crippen MR) is 229 cm³/mol. The van der Waals surface area contributed by atoms with E-state index in [0.29, 0.717) is 6.42 Å². The molecule has 320 valence electrons. The van der Waals surface area contributed by atoms with Gasteiger partial charge in [0.05, 0.1) is 13.2 Å². The van der Waals surface area contributed by atoms with Gasteiger partial charge >= 0.3 is 13.8 Å². The Kier molecular flexibility index (Phi) is 40.1. The molecule has 0 aliphatic carbocycles. The number of aliphatic hydroxyl groups is 1. The van der Waals surface area contributed by atoms with Crippen LogP contribution in [0.25, 0.3) is 0 Å². The number of aliphatic hydroxyl groups excluding tert-OH is 1. The zero-order chi connectivity index (χ0) is 40.3. The Bertz CT molecular complexity index is 1040. The first-order valence-electron chi connectivity index (χ1n) is 22.1. The van der Waals surface area contributed by atoms with Crippen LogP contribution in [-0.2, 0) is 27.9 Å². The molecular weight excluding hydrogens is 713 g/mol. The number of hydrogen-bond acceptors (Lipinski definition) is 7. The number of phosphoric acid groups is 1. The molecule has 0 aromatic heterocycles. The van der Waals surface area contributed by atoms with Gasteiger partial charge in [-0.25, -0.2) is 4.57 Å². The Morgan fingerprint density at radius 2 is 0.982 bits per heavy atom. The normalized spacial score (nSPS) is 13.7. The van der Waals surface area contributed by atoms with Crippen molar-refractivity contribution in [2.45, 2.75) is 200 Å². The first-order chi connectivity index (χ1) is 26.8. The van der Waals surface area contributed by atoms with Gasteiger partial charge in [-0.3, -0.25) is 18.6 Å². The second-order valence-electron chi connectivity index (χ2n) is 14.7. The lowest BCUT2D eigenvalue weighted by Gasteiger charge is -2.15. The summed E-state index contributed by atoms with van der Waals surface area (Å²) in [6.07, 6.45) is 47.5. The number of rotatable bonds is 41. The highest BCUT2D eigenvalue weighted by Gasteiger charge is 2.23. The first kappa shape index (κ1) is 53.0. The second-order valence-corrected chi connectivity index (χ2v) is 16.1. The minimum absolute atomic E-state index is 0.0639. The maximum absolute atomic E-state index is 12.1. The Balaban J connectivity index is 3.65. The van der Waals surface area contributed by atoms with Gasteiger partial charge in [-0.2, -0.15) is 0 Å². The van der Waals surface area contributed by atoms with Gasteiger partial charge in [0.1, 0.15) is 12.7 Å². The van der Waals surface area contributed by atoms with E-state index < -0.39 is 26.5 Å². The van der Waals surface area contributed by atoms with Crippen molar-refractivity contribution in [2.75, 3.05) is 26.4 Å². The van der Waals surface area contributed by atoms with Crippen LogP contribution in [-0.4, -0.2) is 54.3 Å². The fraction of sp³-hybridized carbons (Fsp3) is 0.778. The van der Waals surface area contributed by atoms with Crippen molar-refractivity contribution in [3.8, 4) is 0 Å². The lowest BCUT2D eigenvalue weighted by atomic mass is 10.0. The summed E-state index contributed by atoms with van der Waals surface area (Å²) in [4.78, 5) is 33.9. The van der Waals surface area contributed by atoms with Crippen LogP contribution in [0.2, 0.25) is 0 Å². The highest BCUT2D eigenvalue weighted by Crippen LogP contribution is 2.42. The number of ether oxygens (including phenoxy) is 1. The first-order valence-corrected chi connectivity index (χ1v) is 23.6. The van der Waals surface area contributed by atoms with Gasteiger partial charge in [-0.05, 0) is 57.8 Å². The fourth-order valence-corrected chi connectivity index (χ4v) is 6.65. The maximum atomic E-state index is 12.1. The fourth-order valence-electron chi connectivity index (χ4n) is 5.89. The molecule has 3 N–H and O–H groups in total. The van der Waals surface area contributed by atoms with Crippen molar-refractivity contribution in [3.05, 3.63) is 48.6 Å². The molecule has 0 fully saturated rings. The monoisotopic (exact) mass is 796 g/mol.